The van der Waals surface area contributed by atoms with Crippen LogP contribution < -0.4 is 4.74 Å². The van der Waals surface area contributed by atoms with Crippen LogP contribution >= 0.6 is 0 Å². The molecular formula is C13H16N2O5S2. The van der Waals surface area contributed by atoms with Crippen LogP contribution in [0.25, 0.3) is 5.53 Å². The zero-order valence-corrected chi connectivity index (χ0v) is 13.6. The first-order valence-corrected chi connectivity index (χ1v) is 9.20. The van der Waals surface area contributed by atoms with Crippen LogP contribution in [0.15, 0.2) is 29.2 Å². The van der Waals surface area contributed by atoms with Crippen molar-refractivity contribution >= 4 is 26.0 Å². The molecule has 1 aliphatic rings. The van der Waals surface area contributed by atoms with Crippen LogP contribution in [0, 0.1) is 0 Å². The number of ether oxygens (including phenoxy) is 1. The van der Waals surface area contributed by atoms with Gasteiger partial charge in [0.2, 0.25) is 0 Å². The van der Waals surface area contributed by atoms with E-state index in [1.807, 2.05) is 0 Å². The van der Waals surface area contributed by atoms with Crippen LogP contribution in [-0.2, 0) is 20.9 Å². The fourth-order valence-electron chi connectivity index (χ4n) is 2.67. The molecule has 0 radical (unpaired) electrons. The van der Waals surface area contributed by atoms with Crippen molar-refractivity contribution in [3.05, 3.63) is 29.8 Å². The van der Waals surface area contributed by atoms with Gasteiger partial charge >= 0.3 is 5.04 Å². The van der Waals surface area contributed by atoms with Crippen molar-refractivity contribution in [1.29, 1.82) is 0 Å². The van der Waals surface area contributed by atoms with Crippen LogP contribution in [0.5, 0.6) is 5.75 Å². The van der Waals surface area contributed by atoms with E-state index in [9.17, 15) is 22.7 Å². The van der Waals surface area contributed by atoms with E-state index in [4.69, 9.17) is 4.74 Å². The SMILES string of the molecule is COc1ccc(S(=O)(=O)C(=[N+]=[N-])C2(S(=O)O)CCCC2)cc1. The molecule has 0 heterocycles. The second kappa shape index (κ2) is 6.29. The minimum Gasteiger partial charge on any atom is -0.497 e. The molecule has 1 aromatic rings. The van der Waals surface area contributed by atoms with Crippen molar-refractivity contribution in [2.45, 2.75) is 35.3 Å². The Labute approximate surface area is 131 Å². The zero-order valence-electron chi connectivity index (χ0n) is 11.9. The maximum atomic E-state index is 12.7. The van der Waals surface area contributed by atoms with Crippen LogP contribution in [0.1, 0.15) is 25.7 Å². The second-order valence-electron chi connectivity index (χ2n) is 5.03. The third-order valence-electron chi connectivity index (χ3n) is 3.85. The lowest BCUT2D eigenvalue weighted by Crippen LogP contribution is -2.45. The lowest BCUT2D eigenvalue weighted by Gasteiger charge is -2.19. The van der Waals surface area contributed by atoms with Gasteiger partial charge in [0, 0.05) is 0 Å². The number of nitrogens with zero attached hydrogens (tertiary/aromatic N) is 2. The van der Waals surface area contributed by atoms with Crippen LogP contribution in [0.3, 0.4) is 0 Å². The Morgan fingerprint density at radius 2 is 1.86 bits per heavy atom. The molecule has 0 aliphatic heterocycles. The van der Waals surface area contributed by atoms with Gasteiger partial charge in [-0.2, -0.15) is 4.79 Å². The summed E-state index contributed by atoms with van der Waals surface area (Å²) in [5.74, 6) is 0.475. The van der Waals surface area contributed by atoms with Gasteiger partial charge in [0.05, 0.1) is 12.0 Å². The molecule has 9 heteroatoms. The Morgan fingerprint density at radius 1 is 1.32 bits per heavy atom. The number of benzene rings is 1. The Kier molecular flexibility index (Phi) is 4.81. The highest BCUT2D eigenvalue weighted by atomic mass is 32.2. The molecule has 0 amide bonds. The van der Waals surface area contributed by atoms with Gasteiger partial charge in [0.1, 0.15) is 5.75 Å². The van der Waals surface area contributed by atoms with E-state index in [-0.39, 0.29) is 17.7 Å². The van der Waals surface area contributed by atoms with E-state index in [1.165, 1.54) is 31.4 Å². The molecule has 7 nitrogen and oxygen atoms in total. The minimum atomic E-state index is -4.17. The van der Waals surface area contributed by atoms with Gasteiger partial charge in [-0.05, 0) is 37.1 Å². The van der Waals surface area contributed by atoms with E-state index < -0.39 is 30.7 Å². The Hall–Kier alpha value is -1.54. The molecule has 0 aromatic heterocycles. The molecule has 1 unspecified atom stereocenters. The molecule has 2 rings (SSSR count). The fourth-order valence-corrected chi connectivity index (χ4v) is 5.56. The monoisotopic (exact) mass is 344 g/mol. The molecule has 120 valence electrons. The fraction of sp³-hybridized carbons (Fsp3) is 0.462. The zero-order chi connectivity index (χ0) is 16.4. The average molecular weight is 344 g/mol. The van der Waals surface area contributed by atoms with Gasteiger partial charge in [-0.1, -0.05) is 12.8 Å². The normalized spacial score (nSPS) is 18.5. The summed E-state index contributed by atoms with van der Waals surface area (Å²) < 4.78 is 50.1. The molecule has 1 N–H and O–H groups in total. The average Bonchev–Trinajstić information content (AvgIpc) is 2.98. The van der Waals surface area contributed by atoms with E-state index >= 15 is 0 Å². The summed E-state index contributed by atoms with van der Waals surface area (Å²) in [4.78, 5) is 2.79. The first kappa shape index (κ1) is 16.8. The quantitative estimate of drug-likeness (QED) is 0.293. The maximum absolute atomic E-state index is 12.7. The third kappa shape index (κ3) is 2.72. The molecule has 1 aliphatic carbocycles. The molecular weight excluding hydrogens is 328 g/mol. The molecule has 1 aromatic carbocycles. The minimum absolute atomic E-state index is 0.113. The molecule has 0 bridgehead atoms. The first-order chi connectivity index (χ1) is 10.4. The summed E-state index contributed by atoms with van der Waals surface area (Å²) in [5.41, 5.74) is 9.24. The Balaban J connectivity index is 2.54. The highest BCUT2D eigenvalue weighted by Gasteiger charge is 2.57. The van der Waals surface area contributed by atoms with Crippen molar-refractivity contribution in [2.24, 2.45) is 0 Å². The smallest absolute Gasteiger partial charge is 0.406 e. The van der Waals surface area contributed by atoms with Crippen molar-refractivity contribution < 1.29 is 26.7 Å². The predicted molar refractivity (Wildman–Crippen MR) is 80.8 cm³/mol. The van der Waals surface area contributed by atoms with Gasteiger partial charge in [0.15, 0.2) is 15.8 Å². The number of hydrogen-bond donors (Lipinski definition) is 1. The molecule has 1 fully saturated rings. The van der Waals surface area contributed by atoms with Gasteiger partial charge < -0.3 is 14.8 Å². The molecule has 1 saturated carbocycles. The molecule has 0 spiro atoms. The van der Waals surface area contributed by atoms with Gasteiger partial charge in [-0.15, -0.1) is 0 Å². The maximum Gasteiger partial charge on any atom is 0.406 e. The van der Waals surface area contributed by atoms with E-state index in [2.05, 4.69) is 4.79 Å². The number of sulfone groups is 1. The molecule has 1 atom stereocenters. The van der Waals surface area contributed by atoms with Crippen LogP contribution in [0.4, 0.5) is 0 Å². The summed E-state index contributed by atoms with van der Waals surface area (Å²) in [6.45, 7) is 0. The van der Waals surface area contributed by atoms with Gasteiger partial charge in [-0.3, -0.25) is 0 Å². The van der Waals surface area contributed by atoms with Crippen molar-refractivity contribution in [2.75, 3.05) is 7.11 Å². The lowest BCUT2D eigenvalue weighted by molar-refractivity contribution is -0.00616. The molecule has 0 saturated heterocycles. The number of rotatable bonds is 4. The lowest BCUT2D eigenvalue weighted by atomic mass is 10.1. The summed E-state index contributed by atoms with van der Waals surface area (Å²) in [6.07, 6.45) is 1.57. The predicted octanol–water partition coefficient (Wildman–Crippen LogP) is 1.63. The summed E-state index contributed by atoms with van der Waals surface area (Å²) in [7, 11) is -2.72. The second-order valence-corrected chi connectivity index (χ2v) is 8.18. The summed E-state index contributed by atoms with van der Waals surface area (Å²) >= 11 is -2.45. The highest BCUT2D eigenvalue weighted by molar-refractivity contribution is 8.08. The third-order valence-corrected chi connectivity index (χ3v) is 7.12. The van der Waals surface area contributed by atoms with E-state index in [1.54, 1.807) is 0 Å². The van der Waals surface area contributed by atoms with Crippen LogP contribution in [-0.4, -0.2) is 38.9 Å². The van der Waals surface area contributed by atoms with Crippen LogP contribution in [0.2, 0.25) is 0 Å². The Bertz CT molecular complexity index is 730. The standard InChI is InChI=1S/C13H16N2O5S2/c1-20-10-4-6-11(7-5-10)22(18,19)12(15-14)13(21(16)17)8-2-3-9-13/h4-7H,2-3,8-9H2,1H3,(H,16,17). The summed E-state index contributed by atoms with van der Waals surface area (Å²) in [5, 5.41) is -0.650. The molecule has 22 heavy (non-hydrogen) atoms. The van der Waals surface area contributed by atoms with Crippen molar-refractivity contribution in [3.63, 3.8) is 0 Å². The number of methoxy groups -OCH3 is 1. The van der Waals surface area contributed by atoms with Crippen molar-refractivity contribution in [3.8, 4) is 5.75 Å². The van der Waals surface area contributed by atoms with Gasteiger partial charge in [0.25, 0.3) is 9.84 Å². The summed E-state index contributed by atoms with van der Waals surface area (Å²) in [6, 6.07) is 5.53. The van der Waals surface area contributed by atoms with E-state index in [0.29, 0.717) is 18.6 Å². The highest BCUT2D eigenvalue weighted by Crippen LogP contribution is 2.38. The van der Waals surface area contributed by atoms with E-state index in [0.717, 1.165) is 0 Å². The van der Waals surface area contributed by atoms with Gasteiger partial charge in [-0.25, -0.2) is 12.6 Å². The first-order valence-electron chi connectivity index (χ1n) is 6.61. The van der Waals surface area contributed by atoms with Crippen molar-refractivity contribution in [1.82, 2.24) is 0 Å². The topological polar surface area (TPSA) is 117 Å². The largest absolute Gasteiger partial charge is 0.497 e. The Morgan fingerprint density at radius 3 is 2.27 bits per heavy atom. The number of hydrogen-bond acceptors (Lipinski definition) is 4.